The van der Waals surface area contributed by atoms with Crippen LogP contribution in [0.2, 0.25) is 0 Å². The molecule has 1 heterocycles. The van der Waals surface area contributed by atoms with E-state index >= 15 is 0 Å². The van der Waals surface area contributed by atoms with Gasteiger partial charge in [0.25, 0.3) is 0 Å². The lowest BCUT2D eigenvalue weighted by Crippen LogP contribution is -2.28. The van der Waals surface area contributed by atoms with Crippen LogP contribution in [0.15, 0.2) is 35.7 Å². The summed E-state index contributed by atoms with van der Waals surface area (Å²) in [5, 5.41) is 6.77. The molecule has 19 heavy (non-hydrogen) atoms. The third-order valence-corrected chi connectivity index (χ3v) is 4.64. The van der Waals surface area contributed by atoms with Gasteiger partial charge in [0, 0.05) is 23.4 Å². The van der Waals surface area contributed by atoms with E-state index in [2.05, 4.69) is 41.2 Å². The van der Waals surface area contributed by atoms with Gasteiger partial charge in [0.05, 0.1) is 10.7 Å². The van der Waals surface area contributed by atoms with Crippen LogP contribution in [0.25, 0.3) is 11.3 Å². The molecule has 0 bridgehead atoms. The van der Waals surface area contributed by atoms with Gasteiger partial charge in [0.15, 0.2) is 0 Å². The van der Waals surface area contributed by atoms with E-state index in [1.54, 1.807) is 11.3 Å². The standard InChI is InChI=1S/C15H20N2S2/c1-16-13(8-9-18-2)10-15-17-14(11-19-15)12-6-4-3-5-7-12/h3-7,11,13,16H,8-10H2,1-2H3. The predicted molar refractivity (Wildman–Crippen MR) is 87.1 cm³/mol. The Morgan fingerprint density at radius 2 is 2.11 bits per heavy atom. The maximum absolute atomic E-state index is 4.75. The number of rotatable bonds is 7. The molecule has 0 saturated heterocycles. The van der Waals surface area contributed by atoms with Crippen molar-refractivity contribution in [2.45, 2.75) is 18.9 Å². The fourth-order valence-corrected chi connectivity index (χ4v) is 3.37. The van der Waals surface area contributed by atoms with Crippen LogP contribution in [-0.2, 0) is 6.42 Å². The third kappa shape index (κ3) is 4.34. The van der Waals surface area contributed by atoms with E-state index in [1.807, 2.05) is 24.9 Å². The van der Waals surface area contributed by atoms with E-state index in [1.165, 1.54) is 22.7 Å². The summed E-state index contributed by atoms with van der Waals surface area (Å²) in [6.45, 7) is 0. The molecule has 2 nitrogen and oxygen atoms in total. The highest BCUT2D eigenvalue weighted by Gasteiger charge is 2.10. The molecule has 0 saturated carbocycles. The molecule has 1 aromatic heterocycles. The number of nitrogens with zero attached hydrogens (tertiary/aromatic N) is 1. The maximum atomic E-state index is 4.75. The highest BCUT2D eigenvalue weighted by molar-refractivity contribution is 7.98. The monoisotopic (exact) mass is 292 g/mol. The Kier molecular flexibility index (Phi) is 5.89. The van der Waals surface area contributed by atoms with E-state index in [4.69, 9.17) is 4.98 Å². The summed E-state index contributed by atoms with van der Waals surface area (Å²) in [4.78, 5) is 4.75. The van der Waals surface area contributed by atoms with Crippen LogP contribution in [0.3, 0.4) is 0 Å². The van der Waals surface area contributed by atoms with Gasteiger partial charge < -0.3 is 5.32 Å². The second kappa shape index (κ2) is 7.68. The molecule has 1 aromatic carbocycles. The van der Waals surface area contributed by atoms with Gasteiger partial charge in [-0.15, -0.1) is 11.3 Å². The van der Waals surface area contributed by atoms with Crippen LogP contribution in [0.4, 0.5) is 0 Å². The molecule has 0 aliphatic heterocycles. The fourth-order valence-electron chi connectivity index (χ4n) is 1.97. The van der Waals surface area contributed by atoms with E-state index < -0.39 is 0 Å². The van der Waals surface area contributed by atoms with Crippen LogP contribution in [0.5, 0.6) is 0 Å². The lowest BCUT2D eigenvalue weighted by Gasteiger charge is -2.13. The first-order valence-corrected chi connectivity index (χ1v) is 8.77. The average Bonchev–Trinajstić information content (AvgIpc) is 2.93. The first-order valence-electron chi connectivity index (χ1n) is 6.49. The normalized spacial score (nSPS) is 12.5. The molecular weight excluding hydrogens is 272 g/mol. The van der Waals surface area contributed by atoms with Crippen molar-refractivity contribution in [1.82, 2.24) is 10.3 Å². The molecular formula is C15H20N2S2. The Morgan fingerprint density at radius 1 is 1.32 bits per heavy atom. The summed E-state index contributed by atoms with van der Waals surface area (Å²) in [5.41, 5.74) is 2.30. The molecule has 0 aliphatic rings. The molecule has 1 N–H and O–H groups in total. The lowest BCUT2D eigenvalue weighted by atomic mass is 10.1. The Morgan fingerprint density at radius 3 is 2.79 bits per heavy atom. The predicted octanol–water partition coefficient (Wildman–Crippen LogP) is 3.69. The van der Waals surface area contributed by atoms with Gasteiger partial charge in [-0.1, -0.05) is 30.3 Å². The summed E-state index contributed by atoms with van der Waals surface area (Å²) >= 11 is 3.66. The minimum atomic E-state index is 0.530. The highest BCUT2D eigenvalue weighted by atomic mass is 32.2. The number of thiazole rings is 1. The number of hydrogen-bond acceptors (Lipinski definition) is 4. The smallest absolute Gasteiger partial charge is 0.0948 e. The molecule has 0 aliphatic carbocycles. The number of hydrogen-bond donors (Lipinski definition) is 1. The lowest BCUT2D eigenvalue weighted by molar-refractivity contribution is 0.546. The molecule has 1 unspecified atom stereocenters. The van der Waals surface area contributed by atoms with Gasteiger partial charge in [0.2, 0.25) is 0 Å². The van der Waals surface area contributed by atoms with Crippen molar-refractivity contribution in [3.63, 3.8) is 0 Å². The molecule has 0 amide bonds. The minimum absolute atomic E-state index is 0.530. The van der Waals surface area contributed by atoms with E-state index in [9.17, 15) is 0 Å². The van der Waals surface area contributed by atoms with E-state index in [0.29, 0.717) is 6.04 Å². The van der Waals surface area contributed by atoms with Gasteiger partial charge >= 0.3 is 0 Å². The highest BCUT2D eigenvalue weighted by Crippen LogP contribution is 2.22. The number of nitrogens with one attached hydrogen (secondary N) is 1. The molecule has 0 spiro atoms. The van der Waals surface area contributed by atoms with Crippen LogP contribution in [-0.4, -0.2) is 30.1 Å². The molecule has 0 radical (unpaired) electrons. The van der Waals surface area contributed by atoms with Gasteiger partial charge in [0.1, 0.15) is 0 Å². The topological polar surface area (TPSA) is 24.9 Å². The second-order valence-corrected chi connectivity index (χ2v) is 6.39. The summed E-state index contributed by atoms with van der Waals surface area (Å²) in [6, 6.07) is 10.9. The maximum Gasteiger partial charge on any atom is 0.0948 e. The third-order valence-electron chi connectivity index (χ3n) is 3.12. The van der Waals surface area contributed by atoms with Crippen molar-refractivity contribution < 1.29 is 0 Å². The largest absolute Gasteiger partial charge is 0.317 e. The summed E-state index contributed by atoms with van der Waals surface area (Å²) in [5.74, 6) is 1.20. The van der Waals surface area contributed by atoms with Crippen molar-refractivity contribution in [2.24, 2.45) is 0 Å². The SMILES string of the molecule is CNC(CCSC)Cc1nc(-c2ccccc2)cs1. The number of aromatic nitrogens is 1. The fraction of sp³-hybridized carbons (Fsp3) is 0.400. The Bertz CT molecular complexity index is 482. The van der Waals surface area contributed by atoms with Gasteiger partial charge in [-0.25, -0.2) is 4.98 Å². The van der Waals surface area contributed by atoms with Crippen molar-refractivity contribution in [3.05, 3.63) is 40.7 Å². The summed E-state index contributed by atoms with van der Waals surface area (Å²) < 4.78 is 0. The quantitative estimate of drug-likeness (QED) is 0.842. The molecule has 2 aromatic rings. The zero-order chi connectivity index (χ0) is 13.5. The first kappa shape index (κ1) is 14.6. The number of benzene rings is 1. The van der Waals surface area contributed by atoms with Crippen molar-refractivity contribution in [3.8, 4) is 11.3 Å². The van der Waals surface area contributed by atoms with Crippen LogP contribution >= 0.6 is 23.1 Å². The minimum Gasteiger partial charge on any atom is -0.317 e. The average molecular weight is 292 g/mol. The Labute approximate surface area is 123 Å². The molecule has 2 rings (SSSR count). The molecule has 0 fully saturated rings. The zero-order valence-electron chi connectivity index (χ0n) is 11.4. The van der Waals surface area contributed by atoms with E-state index in [0.717, 1.165) is 12.1 Å². The number of likely N-dealkylation sites (N-methyl/N-ethyl adjacent to an activating group) is 1. The van der Waals surface area contributed by atoms with Crippen LogP contribution < -0.4 is 5.32 Å². The van der Waals surface area contributed by atoms with Crippen molar-refractivity contribution in [1.29, 1.82) is 0 Å². The molecule has 4 heteroatoms. The van der Waals surface area contributed by atoms with Crippen molar-refractivity contribution in [2.75, 3.05) is 19.1 Å². The summed E-state index contributed by atoms with van der Waals surface area (Å²) in [6.07, 6.45) is 4.37. The Balaban J connectivity index is 2.01. The summed E-state index contributed by atoms with van der Waals surface area (Å²) in [7, 11) is 2.04. The Hall–Kier alpha value is -0.840. The van der Waals surface area contributed by atoms with Crippen LogP contribution in [0, 0.1) is 0 Å². The molecule has 1 atom stereocenters. The van der Waals surface area contributed by atoms with Gasteiger partial charge in [-0.2, -0.15) is 11.8 Å². The van der Waals surface area contributed by atoms with Gasteiger partial charge in [-0.3, -0.25) is 0 Å². The van der Waals surface area contributed by atoms with Crippen molar-refractivity contribution >= 4 is 23.1 Å². The van der Waals surface area contributed by atoms with E-state index in [-0.39, 0.29) is 0 Å². The number of thioether (sulfide) groups is 1. The zero-order valence-corrected chi connectivity index (χ0v) is 13.1. The van der Waals surface area contributed by atoms with Crippen LogP contribution in [0.1, 0.15) is 11.4 Å². The first-order chi connectivity index (χ1) is 9.33. The molecule has 102 valence electrons. The second-order valence-electron chi connectivity index (χ2n) is 4.46. The van der Waals surface area contributed by atoms with Gasteiger partial charge in [-0.05, 0) is 25.5 Å².